The van der Waals surface area contributed by atoms with Gasteiger partial charge in [0.1, 0.15) is 6.54 Å². The van der Waals surface area contributed by atoms with Gasteiger partial charge in [-0.2, -0.15) is 0 Å². The summed E-state index contributed by atoms with van der Waals surface area (Å²) in [7, 11) is 0. The van der Waals surface area contributed by atoms with E-state index in [1.54, 1.807) is 35.0 Å². The lowest BCUT2D eigenvalue weighted by atomic mass is 10.1. The summed E-state index contributed by atoms with van der Waals surface area (Å²) in [6, 6.07) is 22.1. The summed E-state index contributed by atoms with van der Waals surface area (Å²) < 4.78 is 1.78. The molecule has 0 aliphatic carbocycles. The third-order valence-corrected chi connectivity index (χ3v) is 5.55. The van der Waals surface area contributed by atoms with Crippen LogP contribution in [0.2, 0.25) is 0 Å². The number of hydrazine groups is 1. The highest BCUT2D eigenvalue weighted by Gasteiger charge is 2.14. The van der Waals surface area contributed by atoms with Gasteiger partial charge in [-0.05, 0) is 35.9 Å². The number of hydrogen-bond donors (Lipinski definition) is 3. The number of carbonyl (C=O) groups is 2. The van der Waals surface area contributed by atoms with E-state index in [1.165, 1.54) is 0 Å². The molecule has 0 saturated carbocycles. The quantitative estimate of drug-likeness (QED) is 0.306. The molecule has 0 unspecified atom stereocenters. The number of rotatable bonds is 4. The van der Waals surface area contributed by atoms with Crippen LogP contribution in [0.15, 0.2) is 83.8 Å². The fraction of sp³-hybridized carbons (Fsp3) is 0.0800. The SMILES string of the molecule is O=C(Cc1c[nH]c2ccccc12)NNC(=O)Cn1c2ccccc2c(=O)c2ccccc21. The smallest absolute Gasteiger partial charge is 0.258 e. The number of fused-ring (bicyclic) bond motifs is 3. The van der Waals surface area contributed by atoms with Gasteiger partial charge in [0.25, 0.3) is 5.91 Å². The fourth-order valence-corrected chi connectivity index (χ4v) is 4.06. The average molecular weight is 424 g/mol. The van der Waals surface area contributed by atoms with Crippen LogP contribution in [0.3, 0.4) is 0 Å². The lowest BCUT2D eigenvalue weighted by Crippen LogP contribution is -2.44. The first-order valence-corrected chi connectivity index (χ1v) is 10.2. The first kappa shape index (κ1) is 19.6. The number of nitrogens with one attached hydrogen (secondary N) is 3. The molecule has 3 aromatic carbocycles. The summed E-state index contributed by atoms with van der Waals surface area (Å²) in [4.78, 5) is 41.0. The van der Waals surface area contributed by atoms with Gasteiger partial charge >= 0.3 is 0 Å². The number of hydrogen-bond acceptors (Lipinski definition) is 3. The minimum Gasteiger partial charge on any atom is -0.361 e. The number of pyridine rings is 1. The van der Waals surface area contributed by atoms with E-state index in [0.717, 1.165) is 16.5 Å². The number of benzene rings is 3. The molecule has 0 aliphatic heterocycles. The van der Waals surface area contributed by atoms with Crippen molar-refractivity contribution in [3.63, 3.8) is 0 Å². The van der Waals surface area contributed by atoms with Crippen molar-refractivity contribution in [1.82, 2.24) is 20.4 Å². The molecule has 0 saturated heterocycles. The summed E-state index contributed by atoms with van der Waals surface area (Å²) in [5.74, 6) is -0.714. The Labute approximate surface area is 182 Å². The molecule has 0 atom stereocenters. The molecule has 2 heterocycles. The van der Waals surface area contributed by atoms with Crippen molar-refractivity contribution >= 4 is 44.5 Å². The van der Waals surface area contributed by atoms with Crippen molar-refractivity contribution in [2.24, 2.45) is 0 Å². The second-order valence-corrected chi connectivity index (χ2v) is 7.58. The van der Waals surface area contributed by atoms with E-state index in [2.05, 4.69) is 15.8 Å². The first-order chi connectivity index (χ1) is 15.6. The molecule has 0 bridgehead atoms. The van der Waals surface area contributed by atoms with Crippen LogP contribution in [0, 0.1) is 0 Å². The second-order valence-electron chi connectivity index (χ2n) is 7.58. The molecule has 3 N–H and O–H groups in total. The molecule has 5 aromatic rings. The molecule has 5 rings (SSSR count). The van der Waals surface area contributed by atoms with Crippen LogP contribution in [0.4, 0.5) is 0 Å². The normalized spacial score (nSPS) is 11.1. The Hall–Kier alpha value is -4.39. The van der Waals surface area contributed by atoms with E-state index in [4.69, 9.17) is 0 Å². The molecule has 0 spiro atoms. The predicted molar refractivity (Wildman–Crippen MR) is 124 cm³/mol. The monoisotopic (exact) mass is 424 g/mol. The molecule has 2 aromatic heterocycles. The molecule has 7 nitrogen and oxygen atoms in total. The maximum Gasteiger partial charge on any atom is 0.258 e. The first-order valence-electron chi connectivity index (χ1n) is 10.2. The van der Waals surface area contributed by atoms with Gasteiger partial charge in [0.15, 0.2) is 5.43 Å². The van der Waals surface area contributed by atoms with Gasteiger partial charge in [0, 0.05) is 27.9 Å². The van der Waals surface area contributed by atoms with Crippen LogP contribution < -0.4 is 16.3 Å². The number of amides is 2. The Bertz CT molecular complexity index is 1490. The van der Waals surface area contributed by atoms with Gasteiger partial charge in [-0.1, -0.05) is 42.5 Å². The Kier molecular flexibility index (Phi) is 4.91. The maximum absolute atomic E-state index is 12.8. The maximum atomic E-state index is 12.8. The predicted octanol–water partition coefficient (Wildman–Crippen LogP) is 3.03. The summed E-state index contributed by atoms with van der Waals surface area (Å²) in [5.41, 5.74) is 8.04. The van der Waals surface area contributed by atoms with Crippen molar-refractivity contribution in [1.29, 1.82) is 0 Å². The van der Waals surface area contributed by atoms with Crippen molar-refractivity contribution in [3.8, 4) is 0 Å². The number of carbonyl (C=O) groups excluding carboxylic acids is 2. The van der Waals surface area contributed by atoms with E-state index in [9.17, 15) is 14.4 Å². The van der Waals surface area contributed by atoms with Gasteiger partial charge in [-0.3, -0.25) is 25.2 Å². The summed E-state index contributed by atoms with van der Waals surface area (Å²) in [5, 5.41) is 2.06. The highest BCUT2D eigenvalue weighted by Crippen LogP contribution is 2.19. The van der Waals surface area contributed by atoms with Crippen LogP contribution in [0.5, 0.6) is 0 Å². The van der Waals surface area contributed by atoms with Crippen molar-refractivity contribution in [2.45, 2.75) is 13.0 Å². The molecular weight excluding hydrogens is 404 g/mol. The van der Waals surface area contributed by atoms with E-state index >= 15 is 0 Å². The third-order valence-electron chi connectivity index (χ3n) is 5.55. The van der Waals surface area contributed by atoms with Crippen LogP contribution in [-0.2, 0) is 22.6 Å². The Balaban J connectivity index is 1.34. The van der Waals surface area contributed by atoms with Gasteiger partial charge in [-0.15, -0.1) is 0 Å². The van der Waals surface area contributed by atoms with E-state index in [-0.39, 0.29) is 24.3 Å². The Morgan fingerprint density at radius 2 is 1.31 bits per heavy atom. The highest BCUT2D eigenvalue weighted by molar-refractivity contribution is 5.95. The molecular formula is C25H20N4O3. The topological polar surface area (TPSA) is 96.0 Å². The fourth-order valence-electron chi connectivity index (χ4n) is 4.06. The molecule has 158 valence electrons. The Morgan fingerprint density at radius 3 is 2.00 bits per heavy atom. The van der Waals surface area contributed by atoms with Gasteiger partial charge in [0.2, 0.25) is 5.91 Å². The van der Waals surface area contributed by atoms with Crippen LogP contribution >= 0.6 is 0 Å². The lowest BCUT2D eigenvalue weighted by molar-refractivity contribution is -0.128. The minimum atomic E-state index is -0.392. The van der Waals surface area contributed by atoms with E-state index in [1.807, 2.05) is 48.5 Å². The number of aromatic amines is 1. The molecule has 32 heavy (non-hydrogen) atoms. The van der Waals surface area contributed by atoms with Gasteiger partial charge in [0.05, 0.1) is 17.5 Å². The van der Waals surface area contributed by atoms with Gasteiger partial charge < -0.3 is 9.55 Å². The zero-order valence-corrected chi connectivity index (χ0v) is 17.1. The van der Waals surface area contributed by atoms with E-state index in [0.29, 0.717) is 21.8 Å². The molecule has 2 amide bonds. The molecule has 7 heteroatoms. The summed E-state index contributed by atoms with van der Waals surface area (Å²) in [6.07, 6.45) is 1.93. The largest absolute Gasteiger partial charge is 0.361 e. The van der Waals surface area contributed by atoms with Crippen molar-refractivity contribution < 1.29 is 9.59 Å². The number of H-pyrrole nitrogens is 1. The van der Waals surface area contributed by atoms with Gasteiger partial charge in [-0.25, -0.2) is 0 Å². The van der Waals surface area contributed by atoms with E-state index < -0.39 is 5.91 Å². The van der Waals surface area contributed by atoms with Crippen molar-refractivity contribution in [3.05, 3.63) is 94.8 Å². The lowest BCUT2D eigenvalue weighted by Gasteiger charge is -2.15. The third kappa shape index (κ3) is 3.50. The van der Waals surface area contributed by atoms with Crippen LogP contribution in [0.1, 0.15) is 5.56 Å². The zero-order valence-electron chi connectivity index (χ0n) is 17.1. The summed E-state index contributed by atoms with van der Waals surface area (Å²) >= 11 is 0. The standard InChI is InChI=1S/C25H20N4O3/c30-23(13-16-14-26-20-10-4-1-7-17(16)20)27-28-24(31)15-29-21-11-5-2-8-18(21)25(32)19-9-3-6-12-22(19)29/h1-12,14,26H,13,15H2,(H,27,30)(H,28,31). The van der Waals surface area contributed by atoms with Crippen LogP contribution in [0.25, 0.3) is 32.7 Å². The summed E-state index contributed by atoms with van der Waals surface area (Å²) in [6.45, 7) is -0.0470. The molecule has 0 fully saturated rings. The Morgan fingerprint density at radius 1 is 0.750 bits per heavy atom. The van der Waals surface area contributed by atoms with Crippen molar-refractivity contribution in [2.75, 3.05) is 0 Å². The highest BCUT2D eigenvalue weighted by atomic mass is 16.2. The molecule has 0 radical (unpaired) electrons. The zero-order chi connectivity index (χ0) is 22.1. The minimum absolute atomic E-state index is 0.0470. The number of para-hydroxylation sites is 3. The molecule has 0 aliphatic rings. The average Bonchev–Trinajstić information content (AvgIpc) is 3.23. The number of aromatic nitrogens is 2. The number of nitrogens with zero attached hydrogens (tertiary/aromatic N) is 1. The van der Waals surface area contributed by atoms with Crippen LogP contribution in [-0.4, -0.2) is 21.4 Å². The second kappa shape index (κ2) is 8.03.